The molecular formula is C20H20FN3O2S. The zero-order valence-electron chi connectivity index (χ0n) is 14.7. The Hall–Kier alpha value is -2.51. The second-order valence-electron chi connectivity index (χ2n) is 6.63. The minimum absolute atomic E-state index is 0.0239. The topological polar surface area (TPSA) is 66.1 Å². The number of aromatic nitrogens is 2. The lowest BCUT2D eigenvalue weighted by Gasteiger charge is -2.33. The number of aromatic amines is 1. The molecule has 27 heavy (non-hydrogen) atoms. The maximum Gasteiger partial charge on any atom is 0.243 e. The van der Waals surface area contributed by atoms with E-state index in [0.717, 1.165) is 30.2 Å². The molecule has 1 atom stereocenters. The van der Waals surface area contributed by atoms with Crippen LogP contribution in [0.25, 0.3) is 11.3 Å². The Morgan fingerprint density at radius 2 is 1.89 bits per heavy atom. The van der Waals surface area contributed by atoms with Crippen molar-refractivity contribution in [3.63, 3.8) is 0 Å². The maximum absolute atomic E-state index is 13.6. The summed E-state index contributed by atoms with van der Waals surface area (Å²) in [5, 5.41) is 0. The summed E-state index contributed by atoms with van der Waals surface area (Å²) in [4.78, 5) is 7.70. The monoisotopic (exact) mass is 385 g/mol. The van der Waals surface area contributed by atoms with Crippen LogP contribution in [0.4, 0.5) is 4.39 Å². The van der Waals surface area contributed by atoms with Crippen molar-refractivity contribution in [3.8, 4) is 11.3 Å². The fourth-order valence-electron chi connectivity index (χ4n) is 3.50. The highest BCUT2D eigenvalue weighted by molar-refractivity contribution is 7.89. The van der Waals surface area contributed by atoms with Gasteiger partial charge in [0.15, 0.2) is 0 Å². The third kappa shape index (κ3) is 3.52. The van der Waals surface area contributed by atoms with Gasteiger partial charge >= 0.3 is 0 Å². The number of nitrogens with zero attached hydrogens (tertiary/aromatic N) is 2. The van der Waals surface area contributed by atoms with Gasteiger partial charge < -0.3 is 4.98 Å². The van der Waals surface area contributed by atoms with E-state index in [9.17, 15) is 12.8 Å². The smallest absolute Gasteiger partial charge is 0.243 e. The number of piperidine rings is 1. The van der Waals surface area contributed by atoms with Crippen LogP contribution in [0.2, 0.25) is 0 Å². The first-order valence-corrected chi connectivity index (χ1v) is 10.4. The van der Waals surface area contributed by atoms with Crippen molar-refractivity contribution in [2.75, 3.05) is 6.54 Å². The molecule has 3 aromatic rings. The van der Waals surface area contributed by atoms with Gasteiger partial charge in [-0.15, -0.1) is 0 Å². The average Bonchev–Trinajstić information content (AvgIpc) is 3.19. The molecule has 0 amide bonds. The molecule has 1 saturated heterocycles. The average molecular weight is 385 g/mol. The van der Waals surface area contributed by atoms with Crippen LogP contribution in [0, 0.1) is 5.82 Å². The van der Waals surface area contributed by atoms with Crippen molar-refractivity contribution in [2.24, 2.45) is 0 Å². The van der Waals surface area contributed by atoms with Crippen LogP contribution in [-0.2, 0) is 10.0 Å². The van der Waals surface area contributed by atoms with Crippen LogP contribution in [0.15, 0.2) is 65.7 Å². The number of H-pyrrole nitrogens is 1. The second kappa shape index (κ2) is 7.25. The molecule has 0 radical (unpaired) electrons. The summed E-state index contributed by atoms with van der Waals surface area (Å²) in [6.45, 7) is 0.394. The fourth-order valence-corrected chi connectivity index (χ4v) is 5.19. The van der Waals surface area contributed by atoms with Crippen molar-refractivity contribution in [2.45, 2.75) is 30.2 Å². The van der Waals surface area contributed by atoms with E-state index in [1.165, 1.54) is 22.5 Å². The van der Waals surface area contributed by atoms with Crippen molar-refractivity contribution in [1.29, 1.82) is 0 Å². The Kier molecular flexibility index (Phi) is 4.80. The molecule has 2 heterocycles. The maximum atomic E-state index is 13.6. The van der Waals surface area contributed by atoms with Gasteiger partial charge in [-0.1, -0.05) is 42.8 Å². The van der Waals surface area contributed by atoms with Crippen LogP contribution in [0.5, 0.6) is 0 Å². The number of imidazole rings is 1. The van der Waals surface area contributed by atoms with Gasteiger partial charge in [0.05, 0.1) is 22.8 Å². The first kappa shape index (κ1) is 17.9. The van der Waals surface area contributed by atoms with Crippen LogP contribution in [-0.4, -0.2) is 29.2 Å². The van der Waals surface area contributed by atoms with Gasteiger partial charge in [-0.2, -0.15) is 4.31 Å². The zero-order valence-corrected chi connectivity index (χ0v) is 15.5. The Labute approximate surface area is 157 Å². The summed E-state index contributed by atoms with van der Waals surface area (Å²) in [6.07, 6.45) is 4.10. The first-order valence-electron chi connectivity index (χ1n) is 8.93. The van der Waals surface area contributed by atoms with Crippen molar-refractivity contribution in [3.05, 3.63) is 72.4 Å². The van der Waals surface area contributed by atoms with Gasteiger partial charge in [-0.25, -0.2) is 17.8 Å². The summed E-state index contributed by atoms with van der Waals surface area (Å²) in [7, 11) is -3.80. The third-order valence-electron chi connectivity index (χ3n) is 4.85. The van der Waals surface area contributed by atoms with E-state index < -0.39 is 15.8 Å². The Balaban J connectivity index is 1.68. The van der Waals surface area contributed by atoms with Crippen LogP contribution in [0.3, 0.4) is 0 Å². The predicted octanol–water partition coefficient (Wildman–Crippen LogP) is 4.13. The third-order valence-corrected chi connectivity index (χ3v) is 6.76. The summed E-state index contributed by atoms with van der Waals surface area (Å²) in [5.74, 6) is 0.0579. The van der Waals surface area contributed by atoms with Crippen molar-refractivity contribution >= 4 is 10.0 Å². The molecule has 0 aliphatic carbocycles. The van der Waals surface area contributed by atoms with Crippen LogP contribution < -0.4 is 0 Å². The molecule has 0 saturated carbocycles. The highest BCUT2D eigenvalue weighted by Gasteiger charge is 2.36. The summed E-state index contributed by atoms with van der Waals surface area (Å²) < 4.78 is 41.3. The minimum Gasteiger partial charge on any atom is -0.341 e. The Morgan fingerprint density at radius 3 is 2.67 bits per heavy atom. The molecule has 0 unspecified atom stereocenters. The van der Waals surface area contributed by atoms with E-state index in [2.05, 4.69) is 9.97 Å². The molecule has 0 spiro atoms. The first-order chi connectivity index (χ1) is 13.1. The molecule has 0 bridgehead atoms. The van der Waals surface area contributed by atoms with Crippen LogP contribution >= 0.6 is 0 Å². The lowest BCUT2D eigenvalue weighted by molar-refractivity contribution is 0.247. The van der Waals surface area contributed by atoms with Gasteiger partial charge in [0.1, 0.15) is 11.6 Å². The highest BCUT2D eigenvalue weighted by atomic mass is 32.2. The number of halogens is 1. The highest BCUT2D eigenvalue weighted by Crippen LogP contribution is 2.35. The van der Waals surface area contributed by atoms with Gasteiger partial charge in [-0.05, 0) is 36.6 Å². The lowest BCUT2D eigenvalue weighted by Crippen LogP contribution is -2.39. The summed E-state index contributed by atoms with van der Waals surface area (Å²) >= 11 is 0. The second-order valence-corrected chi connectivity index (χ2v) is 8.52. The van der Waals surface area contributed by atoms with E-state index >= 15 is 0 Å². The van der Waals surface area contributed by atoms with E-state index in [1.54, 1.807) is 6.20 Å². The number of nitrogens with one attached hydrogen (secondary N) is 1. The fraction of sp³-hybridized carbons (Fsp3) is 0.250. The molecular weight excluding hydrogens is 365 g/mol. The van der Waals surface area contributed by atoms with E-state index in [-0.39, 0.29) is 10.9 Å². The predicted molar refractivity (Wildman–Crippen MR) is 101 cm³/mol. The molecule has 1 aliphatic rings. The standard InChI is InChI=1S/C20H20FN3O2S/c21-16-9-6-10-17(13-16)27(25,26)24-12-5-4-11-19(24)20-22-14-18(23-20)15-7-2-1-3-8-15/h1-3,6-10,13-14,19H,4-5,11-12H2,(H,22,23)/t19-/m0/s1. The number of rotatable bonds is 4. The van der Waals surface area contributed by atoms with E-state index in [4.69, 9.17) is 0 Å². The van der Waals surface area contributed by atoms with E-state index in [1.807, 2.05) is 30.3 Å². The van der Waals surface area contributed by atoms with Gasteiger partial charge in [0.25, 0.3) is 0 Å². The van der Waals surface area contributed by atoms with Gasteiger partial charge in [0, 0.05) is 6.54 Å². The summed E-state index contributed by atoms with van der Waals surface area (Å²) in [5.41, 5.74) is 1.84. The Morgan fingerprint density at radius 1 is 1.07 bits per heavy atom. The van der Waals surface area contributed by atoms with Gasteiger partial charge in [-0.3, -0.25) is 0 Å². The molecule has 2 aromatic carbocycles. The SMILES string of the molecule is O=S(=O)(c1cccc(F)c1)N1CCCC[C@H]1c1ncc(-c2ccccc2)[nH]1. The number of hydrogen-bond donors (Lipinski definition) is 1. The molecule has 1 N–H and O–H groups in total. The van der Waals surface area contributed by atoms with Crippen LogP contribution in [0.1, 0.15) is 31.1 Å². The number of hydrogen-bond acceptors (Lipinski definition) is 3. The minimum atomic E-state index is -3.80. The Bertz CT molecular complexity index is 1030. The molecule has 4 rings (SSSR count). The molecule has 5 nitrogen and oxygen atoms in total. The quantitative estimate of drug-likeness (QED) is 0.734. The van der Waals surface area contributed by atoms with Crippen molar-refractivity contribution in [1.82, 2.24) is 14.3 Å². The molecule has 1 fully saturated rings. The van der Waals surface area contributed by atoms with Crippen molar-refractivity contribution < 1.29 is 12.8 Å². The molecule has 140 valence electrons. The zero-order chi connectivity index (χ0) is 18.9. The van der Waals surface area contributed by atoms with E-state index in [0.29, 0.717) is 18.8 Å². The largest absolute Gasteiger partial charge is 0.341 e. The number of sulfonamides is 1. The number of benzene rings is 2. The van der Waals surface area contributed by atoms with Gasteiger partial charge in [0.2, 0.25) is 10.0 Å². The normalized spacial score (nSPS) is 18.5. The molecule has 7 heteroatoms. The summed E-state index contributed by atoms with van der Waals surface area (Å²) in [6, 6.07) is 14.5. The molecule has 1 aliphatic heterocycles. The lowest BCUT2D eigenvalue weighted by atomic mass is 10.0. The molecule has 1 aromatic heterocycles.